The van der Waals surface area contributed by atoms with E-state index >= 15 is 0 Å². The number of hydrogen-bond acceptors (Lipinski definition) is 3. The zero-order valence-corrected chi connectivity index (χ0v) is 14.1. The molecule has 3 rings (SSSR count). The van der Waals surface area contributed by atoms with Crippen LogP contribution >= 0.6 is 0 Å². The van der Waals surface area contributed by atoms with Gasteiger partial charge in [0, 0.05) is 18.3 Å². The molecule has 2 N–H and O–H groups in total. The summed E-state index contributed by atoms with van der Waals surface area (Å²) >= 11 is 0. The van der Waals surface area contributed by atoms with E-state index in [2.05, 4.69) is 6.07 Å². The third-order valence-electron chi connectivity index (χ3n) is 4.68. The number of carbonyl (C=O) groups excluding carboxylic acids is 1. The van der Waals surface area contributed by atoms with E-state index in [4.69, 9.17) is 10.5 Å². The number of benzene rings is 2. The molecule has 2 aromatic carbocycles. The molecule has 1 amide bonds. The van der Waals surface area contributed by atoms with Crippen LogP contribution in [0.5, 0.6) is 5.75 Å². The van der Waals surface area contributed by atoms with Crippen molar-refractivity contribution in [2.45, 2.75) is 31.7 Å². The molecule has 1 aliphatic heterocycles. The van der Waals surface area contributed by atoms with Gasteiger partial charge < -0.3 is 15.4 Å². The Morgan fingerprint density at radius 1 is 1.21 bits per heavy atom. The normalized spacial score (nSPS) is 17.0. The fraction of sp³-hybridized carbons (Fsp3) is 0.350. The van der Waals surface area contributed by atoms with Gasteiger partial charge in [-0.05, 0) is 48.6 Å². The Hall–Kier alpha value is -2.49. The first-order valence-electron chi connectivity index (χ1n) is 8.43. The van der Waals surface area contributed by atoms with Crippen molar-refractivity contribution in [3.05, 3.63) is 59.7 Å². The Balaban J connectivity index is 1.68. The number of hydrogen-bond donors (Lipinski definition) is 1. The Kier molecular flexibility index (Phi) is 5.04. The van der Waals surface area contributed by atoms with Crippen LogP contribution in [0, 0.1) is 0 Å². The van der Waals surface area contributed by atoms with Crippen molar-refractivity contribution in [3.63, 3.8) is 0 Å². The number of methoxy groups -OCH3 is 1. The van der Waals surface area contributed by atoms with Gasteiger partial charge in [0.25, 0.3) is 0 Å². The summed E-state index contributed by atoms with van der Waals surface area (Å²) in [5.41, 5.74) is 8.61. The van der Waals surface area contributed by atoms with E-state index in [1.807, 2.05) is 47.4 Å². The fourth-order valence-corrected chi connectivity index (χ4v) is 3.41. The quantitative estimate of drug-likeness (QED) is 0.860. The van der Waals surface area contributed by atoms with E-state index in [1.165, 1.54) is 0 Å². The molecule has 1 unspecified atom stereocenters. The highest BCUT2D eigenvalue weighted by Gasteiger charge is 2.29. The first-order valence-corrected chi connectivity index (χ1v) is 8.43. The number of rotatable bonds is 5. The summed E-state index contributed by atoms with van der Waals surface area (Å²) in [7, 11) is 1.69. The van der Waals surface area contributed by atoms with Gasteiger partial charge in [0.05, 0.1) is 13.5 Å². The van der Waals surface area contributed by atoms with Crippen LogP contribution in [0.15, 0.2) is 48.5 Å². The summed E-state index contributed by atoms with van der Waals surface area (Å²) in [6.45, 7) is 0.841. The van der Waals surface area contributed by atoms with E-state index in [-0.39, 0.29) is 11.9 Å². The summed E-state index contributed by atoms with van der Waals surface area (Å²) in [6.07, 6.45) is 3.39. The molecule has 24 heavy (non-hydrogen) atoms. The number of para-hydroxylation sites is 1. The van der Waals surface area contributed by atoms with Crippen LogP contribution in [-0.2, 0) is 17.6 Å². The fourth-order valence-electron chi connectivity index (χ4n) is 3.41. The van der Waals surface area contributed by atoms with Crippen LogP contribution in [0.25, 0.3) is 0 Å². The number of nitrogens with two attached hydrogens (primary N) is 1. The maximum Gasteiger partial charge on any atom is 0.227 e. The molecular weight excluding hydrogens is 300 g/mol. The van der Waals surface area contributed by atoms with E-state index in [9.17, 15) is 4.79 Å². The number of likely N-dealkylation sites (tertiary alicyclic amines) is 1. The molecule has 4 nitrogen and oxygen atoms in total. The Bertz CT molecular complexity index is 697. The molecule has 0 spiro atoms. The van der Waals surface area contributed by atoms with Crippen LogP contribution in [0.1, 0.15) is 24.0 Å². The summed E-state index contributed by atoms with van der Waals surface area (Å²) in [4.78, 5) is 14.7. The van der Waals surface area contributed by atoms with Crippen molar-refractivity contribution < 1.29 is 9.53 Å². The number of nitrogens with zero attached hydrogens (tertiary/aromatic N) is 1. The lowest BCUT2D eigenvalue weighted by molar-refractivity contribution is -0.131. The van der Waals surface area contributed by atoms with Crippen molar-refractivity contribution in [1.29, 1.82) is 0 Å². The number of ether oxygens (including phenoxy) is 1. The lowest BCUT2D eigenvalue weighted by Crippen LogP contribution is -2.37. The number of nitrogen functional groups attached to an aromatic ring is 1. The third-order valence-corrected chi connectivity index (χ3v) is 4.68. The molecule has 1 heterocycles. The predicted molar refractivity (Wildman–Crippen MR) is 96.0 cm³/mol. The molecule has 126 valence electrons. The van der Waals surface area contributed by atoms with E-state index in [0.29, 0.717) is 6.42 Å². The maximum absolute atomic E-state index is 12.7. The standard InChI is InChI=1S/C20H24N2O2/c1-24-19-7-3-2-5-16(19)14-18-6-4-12-22(18)20(23)13-15-8-10-17(21)11-9-15/h2-3,5,7-11,18H,4,6,12-14,21H2,1H3. The molecule has 1 atom stereocenters. The van der Waals surface area contributed by atoms with E-state index in [1.54, 1.807) is 7.11 Å². The molecule has 1 fully saturated rings. The summed E-state index contributed by atoms with van der Waals surface area (Å²) < 4.78 is 5.44. The van der Waals surface area contributed by atoms with Gasteiger partial charge >= 0.3 is 0 Å². The van der Waals surface area contributed by atoms with Gasteiger partial charge in [-0.25, -0.2) is 0 Å². The Morgan fingerprint density at radius 2 is 1.96 bits per heavy atom. The van der Waals surface area contributed by atoms with Gasteiger partial charge in [0.2, 0.25) is 5.91 Å². The zero-order valence-electron chi connectivity index (χ0n) is 14.1. The van der Waals surface area contributed by atoms with Gasteiger partial charge in [-0.1, -0.05) is 30.3 Å². The SMILES string of the molecule is COc1ccccc1CC1CCCN1C(=O)Cc1ccc(N)cc1. The maximum atomic E-state index is 12.7. The van der Waals surface area contributed by atoms with Crippen molar-refractivity contribution in [2.24, 2.45) is 0 Å². The molecule has 0 saturated carbocycles. The van der Waals surface area contributed by atoms with Crippen molar-refractivity contribution >= 4 is 11.6 Å². The lowest BCUT2D eigenvalue weighted by atomic mass is 10.0. The monoisotopic (exact) mass is 324 g/mol. The minimum atomic E-state index is 0.192. The molecule has 1 saturated heterocycles. The number of amides is 1. The highest BCUT2D eigenvalue weighted by molar-refractivity contribution is 5.79. The number of carbonyl (C=O) groups is 1. The first-order chi connectivity index (χ1) is 11.7. The van der Waals surface area contributed by atoms with Crippen LogP contribution in [-0.4, -0.2) is 30.5 Å². The van der Waals surface area contributed by atoms with Gasteiger partial charge in [0.1, 0.15) is 5.75 Å². The second-order valence-corrected chi connectivity index (χ2v) is 6.32. The zero-order chi connectivity index (χ0) is 16.9. The highest BCUT2D eigenvalue weighted by atomic mass is 16.5. The minimum Gasteiger partial charge on any atom is -0.496 e. The molecule has 0 aliphatic carbocycles. The second kappa shape index (κ2) is 7.39. The lowest BCUT2D eigenvalue weighted by Gasteiger charge is -2.25. The van der Waals surface area contributed by atoms with Gasteiger partial charge in [-0.2, -0.15) is 0 Å². The molecule has 0 bridgehead atoms. The largest absolute Gasteiger partial charge is 0.496 e. The van der Waals surface area contributed by atoms with Crippen LogP contribution in [0.2, 0.25) is 0 Å². The minimum absolute atomic E-state index is 0.192. The van der Waals surface area contributed by atoms with Crippen LogP contribution in [0.3, 0.4) is 0 Å². The van der Waals surface area contributed by atoms with Crippen molar-refractivity contribution in [1.82, 2.24) is 4.90 Å². The van der Waals surface area contributed by atoms with Crippen molar-refractivity contribution in [3.8, 4) is 5.75 Å². The highest BCUT2D eigenvalue weighted by Crippen LogP contribution is 2.26. The first kappa shape index (κ1) is 16.4. The smallest absolute Gasteiger partial charge is 0.227 e. The van der Waals surface area contributed by atoms with Crippen LogP contribution < -0.4 is 10.5 Å². The average Bonchev–Trinajstić information content (AvgIpc) is 3.06. The van der Waals surface area contributed by atoms with Gasteiger partial charge in [-0.15, -0.1) is 0 Å². The summed E-state index contributed by atoms with van der Waals surface area (Å²) in [5, 5.41) is 0. The second-order valence-electron chi connectivity index (χ2n) is 6.32. The van der Waals surface area contributed by atoms with E-state index < -0.39 is 0 Å². The van der Waals surface area contributed by atoms with Gasteiger partial charge in [0.15, 0.2) is 0 Å². The van der Waals surface area contributed by atoms with Crippen LogP contribution in [0.4, 0.5) is 5.69 Å². The average molecular weight is 324 g/mol. The predicted octanol–water partition coefficient (Wildman–Crippen LogP) is 3.05. The van der Waals surface area contributed by atoms with E-state index in [0.717, 1.165) is 48.4 Å². The molecule has 0 radical (unpaired) electrons. The third kappa shape index (κ3) is 3.70. The molecule has 1 aliphatic rings. The number of anilines is 1. The Morgan fingerprint density at radius 3 is 2.71 bits per heavy atom. The topological polar surface area (TPSA) is 55.6 Å². The summed E-state index contributed by atoms with van der Waals surface area (Å²) in [5.74, 6) is 1.09. The van der Waals surface area contributed by atoms with Crippen molar-refractivity contribution in [2.75, 3.05) is 19.4 Å². The van der Waals surface area contributed by atoms with Gasteiger partial charge in [-0.3, -0.25) is 4.79 Å². The summed E-state index contributed by atoms with van der Waals surface area (Å²) in [6, 6.07) is 15.9. The molecule has 4 heteroatoms. The molecule has 2 aromatic rings. The molecule has 0 aromatic heterocycles. The molecular formula is C20H24N2O2. The Labute approximate surface area is 143 Å².